The van der Waals surface area contributed by atoms with E-state index in [-0.39, 0.29) is 19.0 Å². The second kappa shape index (κ2) is 7.17. The molecule has 5 nitrogen and oxygen atoms in total. The number of hydrogen-bond acceptors (Lipinski definition) is 2. The highest BCUT2D eigenvalue weighted by molar-refractivity contribution is 5.74. The Morgan fingerprint density at radius 1 is 1.43 bits per heavy atom. The molecule has 2 N–H and O–H groups in total. The van der Waals surface area contributed by atoms with Crippen LogP contribution < -0.4 is 5.32 Å². The van der Waals surface area contributed by atoms with E-state index in [4.69, 9.17) is 5.11 Å². The van der Waals surface area contributed by atoms with Gasteiger partial charge in [0.1, 0.15) is 0 Å². The molecule has 0 aromatic rings. The Morgan fingerprint density at radius 2 is 2.07 bits per heavy atom. The van der Waals surface area contributed by atoms with Gasteiger partial charge in [-0.05, 0) is 6.42 Å². The number of urea groups is 1. The van der Waals surface area contributed by atoms with E-state index < -0.39 is 5.97 Å². The highest BCUT2D eigenvalue weighted by Crippen LogP contribution is 1.90. The number of unbranched alkanes of at least 4 members (excludes halogenated alkanes) is 1. The smallest absolute Gasteiger partial charge is 0.317 e. The van der Waals surface area contributed by atoms with Crippen molar-refractivity contribution in [2.75, 3.05) is 20.1 Å². The quantitative estimate of drug-likeness (QED) is 0.629. The zero-order valence-electron chi connectivity index (χ0n) is 8.75. The molecule has 2 amide bonds. The monoisotopic (exact) mass is 202 g/mol. The first-order valence-electron chi connectivity index (χ1n) is 4.78. The van der Waals surface area contributed by atoms with Gasteiger partial charge in [-0.25, -0.2) is 4.79 Å². The van der Waals surface area contributed by atoms with Crippen LogP contribution in [0.5, 0.6) is 0 Å². The Hall–Kier alpha value is -1.26. The van der Waals surface area contributed by atoms with Gasteiger partial charge in [-0.1, -0.05) is 13.3 Å². The van der Waals surface area contributed by atoms with Crippen molar-refractivity contribution in [3.63, 3.8) is 0 Å². The molecular formula is C9H18N2O3. The Balaban J connectivity index is 3.59. The van der Waals surface area contributed by atoms with Crippen molar-refractivity contribution in [3.8, 4) is 0 Å². The van der Waals surface area contributed by atoms with Gasteiger partial charge in [-0.2, -0.15) is 0 Å². The van der Waals surface area contributed by atoms with E-state index in [1.165, 1.54) is 4.90 Å². The molecule has 14 heavy (non-hydrogen) atoms. The summed E-state index contributed by atoms with van der Waals surface area (Å²) in [6, 6.07) is -0.209. The van der Waals surface area contributed by atoms with Gasteiger partial charge in [-0.3, -0.25) is 4.79 Å². The zero-order valence-corrected chi connectivity index (χ0v) is 8.75. The molecule has 0 rings (SSSR count). The van der Waals surface area contributed by atoms with E-state index in [0.717, 1.165) is 12.8 Å². The summed E-state index contributed by atoms with van der Waals surface area (Å²) in [6.07, 6.45) is 1.95. The fraction of sp³-hybridized carbons (Fsp3) is 0.778. The third-order valence-electron chi connectivity index (χ3n) is 1.81. The minimum Gasteiger partial charge on any atom is -0.481 e. The molecule has 0 atom stereocenters. The summed E-state index contributed by atoms with van der Waals surface area (Å²) >= 11 is 0. The lowest BCUT2D eigenvalue weighted by Crippen LogP contribution is -2.38. The summed E-state index contributed by atoms with van der Waals surface area (Å²) in [7, 11) is 1.59. The van der Waals surface area contributed by atoms with Crippen LogP contribution in [0.2, 0.25) is 0 Å². The number of hydrogen-bond donors (Lipinski definition) is 2. The molecular weight excluding hydrogens is 184 g/mol. The van der Waals surface area contributed by atoms with Crippen LogP contribution in [0, 0.1) is 0 Å². The van der Waals surface area contributed by atoms with Crippen LogP contribution in [0.15, 0.2) is 0 Å². The first-order chi connectivity index (χ1) is 6.57. The van der Waals surface area contributed by atoms with Crippen LogP contribution in [0.3, 0.4) is 0 Å². The molecule has 0 saturated carbocycles. The van der Waals surface area contributed by atoms with E-state index in [1.807, 2.05) is 6.92 Å². The Morgan fingerprint density at radius 3 is 2.57 bits per heavy atom. The zero-order chi connectivity index (χ0) is 11.0. The lowest BCUT2D eigenvalue weighted by molar-refractivity contribution is -0.137. The SMILES string of the molecule is CCCCNC(=O)N(C)CCC(=O)O. The van der Waals surface area contributed by atoms with Crippen LogP contribution in [0.4, 0.5) is 4.79 Å². The van der Waals surface area contributed by atoms with Gasteiger partial charge >= 0.3 is 12.0 Å². The van der Waals surface area contributed by atoms with Crippen LogP contribution in [-0.2, 0) is 4.79 Å². The number of carboxylic acid groups (broad SMARTS) is 1. The summed E-state index contributed by atoms with van der Waals surface area (Å²) < 4.78 is 0. The summed E-state index contributed by atoms with van der Waals surface area (Å²) in [5.74, 6) is -0.891. The predicted molar refractivity (Wildman–Crippen MR) is 53.2 cm³/mol. The largest absolute Gasteiger partial charge is 0.481 e. The van der Waals surface area contributed by atoms with Gasteiger partial charge < -0.3 is 15.3 Å². The second-order valence-corrected chi connectivity index (χ2v) is 3.15. The topological polar surface area (TPSA) is 69.6 Å². The van der Waals surface area contributed by atoms with Crippen molar-refractivity contribution in [2.45, 2.75) is 26.2 Å². The van der Waals surface area contributed by atoms with Crippen molar-refractivity contribution in [1.82, 2.24) is 10.2 Å². The lowest BCUT2D eigenvalue weighted by atomic mass is 10.3. The van der Waals surface area contributed by atoms with Crippen molar-refractivity contribution < 1.29 is 14.7 Å². The molecule has 82 valence electrons. The van der Waals surface area contributed by atoms with Crippen molar-refractivity contribution in [2.24, 2.45) is 0 Å². The fourth-order valence-corrected chi connectivity index (χ4v) is 0.872. The van der Waals surface area contributed by atoms with Crippen molar-refractivity contribution in [3.05, 3.63) is 0 Å². The number of carbonyl (C=O) groups excluding carboxylic acids is 1. The molecule has 0 spiro atoms. The van der Waals surface area contributed by atoms with Gasteiger partial charge in [0.05, 0.1) is 6.42 Å². The summed E-state index contributed by atoms with van der Waals surface area (Å²) in [5, 5.41) is 11.1. The normalized spacial score (nSPS) is 9.57. The third kappa shape index (κ3) is 6.28. The molecule has 0 fully saturated rings. The molecule has 0 radical (unpaired) electrons. The van der Waals surface area contributed by atoms with E-state index in [1.54, 1.807) is 7.05 Å². The van der Waals surface area contributed by atoms with Gasteiger partial charge in [0.15, 0.2) is 0 Å². The molecule has 0 heterocycles. The summed E-state index contributed by atoms with van der Waals surface area (Å²) in [6.45, 7) is 2.93. The predicted octanol–water partition coefficient (Wildman–Crippen LogP) is 0.903. The molecule has 0 aliphatic carbocycles. The highest BCUT2D eigenvalue weighted by atomic mass is 16.4. The third-order valence-corrected chi connectivity index (χ3v) is 1.81. The van der Waals surface area contributed by atoms with E-state index in [2.05, 4.69) is 5.32 Å². The second-order valence-electron chi connectivity index (χ2n) is 3.15. The van der Waals surface area contributed by atoms with Gasteiger partial charge in [-0.15, -0.1) is 0 Å². The number of rotatable bonds is 6. The molecule has 0 aliphatic heterocycles. The number of nitrogens with one attached hydrogen (secondary N) is 1. The first kappa shape index (κ1) is 12.7. The summed E-state index contributed by atoms with van der Waals surface area (Å²) in [5.41, 5.74) is 0. The van der Waals surface area contributed by atoms with Crippen LogP contribution >= 0.6 is 0 Å². The molecule has 5 heteroatoms. The maximum atomic E-state index is 11.3. The Kier molecular flexibility index (Phi) is 6.53. The maximum absolute atomic E-state index is 11.3. The lowest BCUT2D eigenvalue weighted by Gasteiger charge is -2.16. The van der Waals surface area contributed by atoms with Crippen molar-refractivity contribution in [1.29, 1.82) is 0 Å². The average Bonchev–Trinajstić information content (AvgIpc) is 2.14. The minimum atomic E-state index is -0.891. The van der Waals surface area contributed by atoms with E-state index >= 15 is 0 Å². The minimum absolute atomic E-state index is 0.0162. The highest BCUT2D eigenvalue weighted by Gasteiger charge is 2.08. The average molecular weight is 202 g/mol. The van der Waals surface area contributed by atoms with E-state index in [9.17, 15) is 9.59 Å². The molecule has 0 aliphatic rings. The standard InChI is InChI=1S/C9H18N2O3/c1-3-4-6-10-9(14)11(2)7-5-8(12)13/h3-7H2,1-2H3,(H,10,14)(H,12,13). The Labute approximate surface area is 84.1 Å². The van der Waals surface area contributed by atoms with Crippen LogP contribution in [-0.4, -0.2) is 42.1 Å². The van der Waals surface area contributed by atoms with Gasteiger partial charge in [0.25, 0.3) is 0 Å². The Bertz CT molecular complexity index is 194. The molecule has 0 aromatic heterocycles. The maximum Gasteiger partial charge on any atom is 0.317 e. The molecule has 0 unspecified atom stereocenters. The van der Waals surface area contributed by atoms with Gasteiger partial charge in [0.2, 0.25) is 0 Å². The summed E-state index contributed by atoms with van der Waals surface area (Å²) in [4.78, 5) is 22.9. The van der Waals surface area contributed by atoms with Crippen LogP contribution in [0.1, 0.15) is 26.2 Å². The molecule has 0 bridgehead atoms. The van der Waals surface area contributed by atoms with Crippen molar-refractivity contribution >= 4 is 12.0 Å². The number of amides is 2. The number of carboxylic acids is 1. The van der Waals surface area contributed by atoms with Crippen LogP contribution in [0.25, 0.3) is 0 Å². The molecule has 0 saturated heterocycles. The number of nitrogens with zero attached hydrogens (tertiary/aromatic N) is 1. The van der Waals surface area contributed by atoms with Gasteiger partial charge in [0, 0.05) is 20.1 Å². The fourth-order valence-electron chi connectivity index (χ4n) is 0.872. The number of aliphatic carboxylic acids is 1. The number of carbonyl (C=O) groups is 2. The first-order valence-corrected chi connectivity index (χ1v) is 4.78. The molecule has 0 aromatic carbocycles. The van der Waals surface area contributed by atoms with E-state index in [0.29, 0.717) is 6.54 Å².